The molecule has 0 spiro atoms. The van der Waals surface area contributed by atoms with Crippen LogP contribution in [0.2, 0.25) is 0 Å². The van der Waals surface area contributed by atoms with Crippen LogP contribution in [-0.4, -0.2) is 20.4 Å². The third-order valence-electron chi connectivity index (χ3n) is 1.96. The van der Waals surface area contributed by atoms with E-state index in [1.54, 1.807) is 0 Å². The van der Waals surface area contributed by atoms with Gasteiger partial charge in [0.1, 0.15) is 0 Å². The van der Waals surface area contributed by atoms with Gasteiger partial charge in [-0.15, -0.1) is 10.2 Å². The molecule has 78 valence electrons. The minimum atomic E-state index is 0.509. The first-order valence-electron chi connectivity index (χ1n) is 4.53. The van der Waals surface area contributed by atoms with Crippen molar-refractivity contribution in [3.63, 3.8) is 0 Å². The molecule has 0 aliphatic rings. The van der Waals surface area contributed by atoms with Crippen LogP contribution in [0, 0.1) is 10.8 Å². The van der Waals surface area contributed by atoms with E-state index in [1.807, 2.05) is 42.5 Å². The molecule has 0 saturated heterocycles. The van der Waals surface area contributed by atoms with Crippen LogP contribution in [0.4, 0.5) is 0 Å². The Kier molecular flexibility index (Phi) is 2.94. The van der Waals surface area contributed by atoms with Crippen molar-refractivity contribution in [3.05, 3.63) is 21.4 Å². The van der Waals surface area contributed by atoms with Gasteiger partial charge in [-0.1, -0.05) is 6.92 Å². The monoisotopic (exact) mass is 316 g/mol. The van der Waals surface area contributed by atoms with Crippen LogP contribution in [0.25, 0.3) is 11.5 Å². The van der Waals surface area contributed by atoms with Crippen molar-refractivity contribution in [1.29, 1.82) is 0 Å². The first-order valence-corrected chi connectivity index (χ1v) is 5.61. The molecule has 0 aromatic carbocycles. The summed E-state index contributed by atoms with van der Waals surface area (Å²) in [4.78, 5) is 0. The summed E-state index contributed by atoms with van der Waals surface area (Å²) < 4.78 is 5.89. The molecule has 0 amide bonds. The largest absolute Gasteiger partial charge is 0.412 e. The molecule has 2 aromatic heterocycles. The second kappa shape index (κ2) is 4.21. The van der Waals surface area contributed by atoms with Crippen molar-refractivity contribution in [2.24, 2.45) is 0 Å². The molecule has 0 atom stereocenters. The lowest BCUT2D eigenvalue weighted by Crippen LogP contribution is -1.97. The lowest BCUT2D eigenvalue weighted by molar-refractivity contribution is 0.535. The van der Waals surface area contributed by atoms with E-state index in [0.29, 0.717) is 9.79 Å². The third-order valence-corrected chi connectivity index (χ3v) is 2.39. The lowest BCUT2D eigenvalue weighted by atomic mass is 10.1. The zero-order valence-corrected chi connectivity index (χ0v) is 10.5. The van der Waals surface area contributed by atoms with E-state index in [1.165, 1.54) is 0 Å². The third kappa shape index (κ3) is 2.14. The van der Waals surface area contributed by atoms with Crippen molar-refractivity contribution in [3.8, 4) is 11.5 Å². The Morgan fingerprint density at radius 2 is 2.07 bits per heavy atom. The summed E-state index contributed by atoms with van der Waals surface area (Å²) in [5, 5.41) is 15.9. The highest BCUT2D eigenvalue weighted by atomic mass is 127. The molecule has 2 rings (SSSR count). The Labute approximate surface area is 100 Å². The smallest absolute Gasteiger partial charge is 0.278 e. The maximum atomic E-state index is 5.36. The molecule has 0 unspecified atom stereocenters. The van der Waals surface area contributed by atoms with Crippen LogP contribution < -0.4 is 0 Å². The Bertz CT molecular complexity index is 483. The molecular formula is C9H9IN4O. The van der Waals surface area contributed by atoms with Crippen LogP contribution in [0.3, 0.4) is 0 Å². The molecule has 6 heteroatoms. The maximum absolute atomic E-state index is 5.36. The summed E-state index contributed by atoms with van der Waals surface area (Å²) in [6.07, 6.45) is 0.793. The predicted molar refractivity (Wildman–Crippen MR) is 62.2 cm³/mol. The second-order valence-corrected chi connectivity index (χ2v) is 3.98. The molecule has 0 radical (unpaired) electrons. The van der Waals surface area contributed by atoms with E-state index in [2.05, 4.69) is 20.4 Å². The Hall–Kier alpha value is -1.05. The Morgan fingerprint density at radius 3 is 2.67 bits per heavy atom. The van der Waals surface area contributed by atoms with Gasteiger partial charge in [-0.05, 0) is 19.4 Å². The fraction of sp³-hybridized carbons (Fsp3) is 0.333. The van der Waals surface area contributed by atoms with Gasteiger partial charge in [0.15, 0.2) is 0 Å². The number of hydrogen-bond donors (Lipinski definition) is 0. The summed E-state index contributed by atoms with van der Waals surface area (Å²) in [6, 6.07) is 1.91. The maximum Gasteiger partial charge on any atom is 0.278 e. The van der Waals surface area contributed by atoms with Gasteiger partial charge >= 0.3 is 0 Å². The van der Waals surface area contributed by atoms with Gasteiger partial charge < -0.3 is 4.42 Å². The molecule has 0 aliphatic heterocycles. The topological polar surface area (TPSA) is 64.7 Å². The van der Waals surface area contributed by atoms with Gasteiger partial charge in [-0.25, -0.2) is 0 Å². The van der Waals surface area contributed by atoms with Gasteiger partial charge in [0.2, 0.25) is 0 Å². The van der Waals surface area contributed by atoms with E-state index in [9.17, 15) is 0 Å². The van der Waals surface area contributed by atoms with Gasteiger partial charge in [0.05, 0.1) is 17.0 Å². The molecule has 0 saturated carbocycles. The van der Waals surface area contributed by atoms with Gasteiger partial charge in [0.25, 0.3) is 9.79 Å². The summed E-state index contributed by atoms with van der Waals surface area (Å²) in [6.45, 7) is 3.90. The zero-order valence-electron chi connectivity index (χ0n) is 8.36. The molecule has 5 nitrogen and oxygen atoms in total. The molecule has 0 N–H and O–H groups in total. The van der Waals surface area contributed by atoms with E-state index in [-0.39, 0.29) is 0 Å². The molecular weight excluding hydrogens is 307 g/mol. The van der Waals surface area contributed by atoms with Crippen LogP contribution in [0.1, 0.15) is 18.3 Å². The number of rotatable bonds is 2. The van der Waals surface area contributed by atoms with Crippen LogP contribution >= 0.6 is 22.6 Å². The number of aromatic nitrogens is 4. The number of hydrogen-bond acceptors (Lipinski definition) is 5. The van der Waals surface area contributed by atoms with Crippen molar-refractivity contribution in [2.75, 3.05) is 0 Å². The molecule has 0 aliphatic carbocycles. The van der Waals surface area contributed by atoms with Gasteiger partial charge in [-0.2, -0.15) is 10.2 Å². The number of aryl methyl sites for hydroxylation is 2. The summed E-state index contributed by atoms with van der Waals surface area (Å²) >= 11 is 1.98. The highest BCUT2D eigenvalue weighted by molar-refractivity contribution is 14.1. The number of halogens is 1. The van der Waals surface area contributed by atoms with E-state index < -0.39 is 0 Å². The van der Waals surface area contributed by atoms with Gasteiger partial charge in [0, 0.05) is 22.6 Å². The quantitative estimate of drug-likeness (QED) is 0.793. The van der Waals surface area contributed by atoms with Crippen molar-refractivity contribution >= 4 is 22.6 Å². The lowest BCUT2D eigenvalue weighted by Gasteiger charge is -2.01. The van der Waals surface area contributed by atoms with Crippen LogP contribution in [-0.2, 0) is 6.42 Å². The normalized spacial score (nSPS) is 10.6. The van der Waals surface area contributed by atoms with Gasteiger partial charge in [-0.3, -0.25) is 0 Å². The fourth-order valence-electron chi connectivity index (χ4n) is 1.27. The Morgan fingerprint density at radius 1 is 1.27 bits per heavy atom. The number of nitrogens with zero attached hydrogens (tertiary/aromatic N) is 4. The average Bonchev–Trinajstić information content (AvgIpc) is 2.65. The highest BCUT2D eigenvalue weighted by Crippen LogP contribution is 2.22. The molecule has 2 aromatic rings. The molecule has 2 heterocycles. The molecule has 15 heavy (non-hydrogen) atoms. The van der Waals surface area contributed by atoms with Crippen LogP contribution in [0.5, 0.6) is 0 Å². The first kappa shape index (κ1) is 10.5. The molecule has 0 fully saturated rings. The summed E-state index contributed by atoms with van der Waals surface area (Å²) in [5.41, 5.74) is 2.59. The van der Waals surface area contributed by atoms with E-state index in [4.69, 9.17) is 4.42 Å². The summed E-state index contributed by atoms with van der Waals surface area (Å²) in [7, 11) is 0. The zero-order chi connectivity index (χ0) is 10.8. The Balaban J connectivity index is 2.55. The van der Waals surface area contributed by atoms with Crippen molar-refractivity contribution < 1.29 is 4.42 Å². The average molecular weight is 316 g/mol. The van der Waals surface area contributed by atoms with E-state index in [0.717, 1.165) is 23.4 Å². The second-order valence-electron chi connectivity index (χ2n) is 3.06. The fourth-order valence-corrected chi connectivity index (χ4v) is 1.59. The SMILES string of the molecule is CCc1nnc(C)cc1-c1nnc(I)o1. The first-order chi connectivity index (χ1) is 7.20. The minimum absolute atomic E-state index is 0.509. The predicted octanol–water partition coefficient (Wildman–Crippen LogP) is 2.00. The van der Waals surface area contributed by atoms with Crippen molar-refractivity contribution in [1.82, 2.24) is 20.4 Å². The van der Waals surface area contributed by atoms with E-state index >= 15 is 0 Å². The van der Waals surface area contributed by atoms with Crippen LogP contribution in [0.15, 0.2) is 10.5 Å². The van der Waals surface area contributed by atoms with Crippen molar-refractivity contribution in [2.45, 2.75) is 20.3 Å². The minimum Gasteiger partial charge on any atom is -0.412 e. The highest BCUT2D eigenvalue weighted by Gasteiger charge is 2.12. The summed E-state index contributed by atoms with van der Waals surface area (Å²) in [5.74, 6) is 0.509. The molecule has 0 bridgehead atoms. The standard InChI is InChI=1S/C9H9IN4O/c1-3-7-6(4-5(2)11-12-7)8-13-14-9(10)15-8/h4H,3H2,1-2H3.